The number of carboxylic acid groups (broad SMARTS) is 1. The third kappa shape index (κ3) is 13.2. The van der Waals surface area contributed by atoms with Crippen LogP contribution in [0.2, 0.25) is 0 Å². The predicted octanol–water partition coefficient (Wildman–Crippen LogP) is 5.29. The summed E-state index contributed by atoms with van der Waals surface area (Å²) in [5, 5.41) is 22.1. The van der Waals surface area contributed by atoms with Gasteiger partial charge in [0.1, 0.15) is 6.04 Å². The van der Waals surface area contributed by atoms with Crippen LogP contribution in [0.15, 0.2) is 91.0 Å². The SMILES string of the molecule is CC(C)C[C@H](Nc1nc(NCCOCCOCCNC(=O)c2ccccc2)nc(NCCC(c2ccccc2)c2ccccc2)n1)C(=O)O. The molecule has 0 unspecified atom stereocenters. The summed E-state index contributed by atoms with van der Waals surface area (Å²) in [6.45, 7) is 6.83. The number of carbonyl (C=O) groups excluding carboxylic acids is 1. The van der Waals surface area contributed by atoms with Crippen molar-refractivity contribution in [1.29, 1.82) is 0 Å². The molecule has 1 atom stereocenters. The van der Waals surface area contributed by atoms with E-state index in [9.17, 15) is 14.7 Å². The third-order valence-corrected chi connectivity index (χ3v) is 7.53. The molecular weight excluding hydrogens is 622 g/mol. The van der Waals surface area contributed by atoms with Crippen molar-refractivity contribution >= 4 is 29.7 Å². The van der Waals surface area contributed by atoms with Gasteiger partial charge in [0.15, 0.2) is 0 Å². The van der Waals surface area contributed by atoms with E-state index in [1.54, 1.807) is 12.1 Å². The standard InChI is InChI=1S/C37H47N7O5/c1-27(2)26-32(34(46)47)41-37-43-35(39-19-18-31(28-12-6-3-7-13-28)29-14-8-4-9-15-29)42-36(44-37)40-21-23-49-25-24-48-22-20-38-33(45)30-16-10-5-11-17-30/h3-17,27,31-32H,18-26H2,1-2H3,(H,38,45)(H,46,47)(H3,39,40,41,42,43,44)/t32-/m0/s1. The fourth-order valence-corrected chi connectivity index (χ4v) is 5.16. The zero-order valence-electron chi connectivity index (χ0n) is 28.2. The van der Waals surface area contributed by atoms with Gasteiger partial charge in [0.05, 0.1) is 26.4 Å². The fraction of sp³-hybridized carbons (Fsp3) is 0.378. The van der Waals surface area contributed by atoms with Gasteiger partial charge < -0.3 is 35.8 Å². The van der Waals surface area contributed by atoms with Crippen LogP contribution in [0.5, 0.6) is 0 Å². The molecule has 12 nitrogen and oxygen atoms in total. The lowest BCUT2D eigenvalue weighted by Crippen LogP contribution is -2.32. The Morgan fingerprint density at radius 3 is 1.73 bits per heavy atom. The highest BCUT2D eigenvalue weighted by Crippen LogP contribution is 2.28. The number of nitrogens with zero attached hydrogens (tertiary/aromatic N) is 3. The molecule has 0 saturated heterocycles. The molecule has 0 bridgehead atoms. The summed E-state index contributed by atoms with van der Waals surface area (Å²) in [5.74, 6) is 0.0256. The molecule has 5 N–H and O–H groups in total. The maximum absolute atomic E-state index is 12.1. The van der Waals surface area contributed by atoms with Crippen LogP contribution >= 0.6 is 0 Å². The van der Waals surface area contributed by atoms with Gasteiger partial charge in [-0.3, -0.25) is 4.79 Å². The van der Waals surface area contributed by atoms with Crippen molar-refractivity contribution in [2.75, 3.05) is 62.0 Å². The first-order valence-electron chi connectivity index (χ1n) is 16.7. The number of ether oxygens (including phenoxy) is 2. The van der Waals surface area contributed by atoms with E-state index < -0.39 is 12.0 Å². The maximum Gasteiger partial charge on any atom is 0.326 e. The topological polar surface area (TPSA) is 160 Å². The van der Waals surface area contributed by atoms with Gasteiger partial charge in [-0.05, 0) is 42.0 Å². The van der Waals surface area contributed by atoms with Gasteiger partial charge in [-0.2, -0.15) is 15.0 Å². The second-order valence-electron chi connectivity index (χ2n) is 11.8. The van der Waals surface area contributed by atoms with E-state index in [0.29, 0.717) is 69.9 Å². The number of aliphatic carboxylic acids is 1. The number of nitrogens with one attached hydrogen (secondary N) is 4. The highest BCUT2D eigenvalue weighted by molar-refractivity contribution is 5.94. The highest BCUT2D eigenvalue weighted by Gasteiger charge is 2.21. The van der Waals surface area contributed by atoms with E-state index in [2.05, 4.69) is 60.5 Å². The molecule has 4 rings (SSSR count). The number of hydrogen-bond acceptors (Lipinski definition) is 10. The van der Waals surface area contributed by atoms with Crippen LogP contribution in [0.4, 0.5) is 17.8 Å². The normalized spacial score (nSPS) is 11.7. The Kier molecular flexibility index (Phi) is 15.3. The molecule has 3 aromatic carbocycles. The average molecular weight is 670 g/mol. The van der Waals surface area contributed by atoms with Crippen LogP contribution in [0, 0.1) is 5.92 Å². The molecule has 12 heteroatoms. The summed E-state index contributed by atoms with van der Waals surface area (Å²) in [6.07, 6.45) is 1.20. The molecule has 0 aliphatic carbocycles. The summed E-state index contributed by atoms with van der Waals surface area (Å²) >= 11 is 0. The second kappa shape index (κ2) is 20.3. The number of benzene rings is 3. The van der Waals surface area contributed by atoms with E-state index in [1.165, 1.54) is 11.1 Å². The number of carbonyl (C=O) groups is 2. The van der Waals surface area contributed by atoms with Crippen LogP contribution in [-0.4, -0.2) is 84.0 Å². The average Bonchev–Trinajstić information content (AvgIpc) is 3.11. The molecule has 0 saturated carbocycles. The number of hydrogen-bond donors (Lipinski definition) is 5. The van der Waals surface area contributed by atoms with Crippen molar-refractivity contribution in [3.8, 4) is 0 Å². The largest absolute Gasteiger partial charge is 0.480 e. The number of amides is 1. The molecule has 1 amide bonds. The monoisotopic (exact) mass is 669 g/mol. The molecule has 0 fully saturated rings. The second-order valence-corrected chi connectivity index (χ2v) is 11.8. The van der Waals surface area contributed by atoms with E-state index in [0.717, 1.165) is 6.42 Å². The fourth-order valence-electron chi connectivity index (χ4n) is 5.16. The van der Waals surface area contributed by atoms with Crippen molar-refractivity contribution < 1.29 is 24.2 Å². The van der Waals surface area contributed by atoms with Crippen LogP contribution in [0.1, 0.15) is 54.1 Å². The van der Waals surface area contributed by atoms with E-state index in [4.69, 9.17) is 9.47 Å². The van der Waals surface area contributed by atoms with Crippen LogP contribution in [-0.2, 0) is 14.3 Å². The minimum atomic E-state index is -0.971. The van der Waals surface area contributed by atoms with Gasteiger partial charge in [-0.1, -0.05) is 92.7 Å². The van der Waals surface area contributed by atoms with E-state index in [-0.39, 0.29) is 23.7 Å². The molecule has 1 heterocycles. The smallest absolute Gasteiger partial charge is 0.326 e. The Labute approximate surface area is 288 Å². The quantitative estimate of drug-likeness (QED) is 0.0692. The molecule has 0 radical (unpaired) electrons. The van der Waals surface area contributed by atoms with Crippen molar-refractivity contribution in [1.82, 2.24) is 20.3 Å². The van der Waals surface area contributed by atoms with E-state index in [1.807, 2.05) is 68.4 Å². The first kappa shape index (κ1) is 36.8. The van der Waals surface area contributed by atoms with Gasteiger partial charge in [-0.15, -0.1) is 0 Å². The number of aromatic nitrogens is 3. The van der Waals surface area contributed by atoms with Crippen molar-refractivity contribution in [2.45, 2.75) is 38.6 Å². The molecule has 49 heavy (non-hydrogen) atoms. The summed E-state index contributed by atoms with van der Waals surface area (Å²) in [6, 6.07) is 28.9. The van der Waals surface area contributed by atoms with Gasteiger partial charge in [-0.25, -0.2) is 4.79 Å². The zero-order valence-corrected chi connectivity index (χ0v) is 28.2. The molecule has 260 valence electrons. The molecule has 0 aliphatic rings. The Morgan fingerprint density at radius 1 is 0.673 bits per heavy atom. The van der Waals surface area contributed by atoms with Crippen LogP contribution in [0.3, 0.4) is 0 Å². The Balaban J connectivity index is 1.28. The maximum atomic E-state index is 12.1. The van der Waals surface area contributed by atoms with Gasteiger partial charge in [0.25, 0.3) is 5.91 Å². The lowest BCUT2D eigenvalue weighted by molar-refractivity contribution is -0.138. The van der Waals surface area contributed by atoms with Gasteiger partial charge in [0, 0.05) is 31.1 Å². The lowest BCUT2D eigenvalue weighted by Gasteiger charge is -2.19. The van der Waals surface area contributed by atoms with Crippen molar-refractivity contribution in [3.63, 3.8) is 0 Å². The Bertz CT molecular complexity index is 1510. The minimum absolute atomic E-state index is 0.136. The molecule has 1 aromatic heterocycles. The van der Waals surface area contributed by atoms with Crippen LogP contribution in [0.25, 0.3) is 0 Å². The lowest BCUT2D eigenvalue weighted by atomic mass is 9.88. The summed E-state index contributed by atoms with van der Waals surface area (Å²) in [4.78, 5) is 37.5. The third-order valence-electron chi connectivity index (χ3n) is 7.53. The number of anilines is 3. The summed E-state index contributed by atoms with van der Waals surface area (Å²) in [5.41, 5.74) is 3.04. The zero-order chi connectivity index (χ0) is 34.7. The first-order chi connectivity index (χ1) is 23.9. The molecule has 4 aromatic rings. The van der Waals surface area contributed by atoms with Crippen molar-refractivity contribution in [3.05, 3.63) is 108 Å². The Hall–Kier alpha value is -5.07. The first-order valence-corrected chi connectivity index (χ1v) is 16.7. The predicted molar refractivity (Wildman–Crippen MR) is 191 cm³/mol. The van der Waals surface area contributed by atoms with Gasteiger partial charge in [0.2, 0.25) is 17.8 Å². The van der Waals surface area contributed by atoms with Gasteiger partial charge >= 0.3 is 5.97 Å². The summed E-state index contributed by atoms with van der Waals surface area (Å²) < 4.78 is 11.2. The van der Waals surface area contributed by atoms with E-state index >= 15 is 0 Å². The number of rotatable bonds is 22. The summed E-state index contributed by atoms with van der Waals surface area (Å²) in [7, 11) is 0. The number of carboxylic acids is 1. The molecular formula is C37H47N7O5. The van der Waals surface area contributed by atoms with Crippen LogP contribution < -0.4 is 21.3 Å². The molecule has 0 aliphatic heterocycles. The Morgan fingerprint density at radius 2 is 1.18 bits per heavy atom. The van der Waals surface area contributed by atoms with Crippen molar-refractivity contribution in [2.24, 2.45) is 5.92 Å². The molecule has 0 spiro atoms. The minimum Gasteiger partial charge on any atom is -0.480 e. The highest BCUT2D eigenvalue weighted by atomic mass is 16.5.